The molecule has 0 aliphatic heterocycles. The van der Waals surface area contributed by atoms with Crippen molar-refractivity contribution >= 4 is 29.6 Å². The van der Waals surface area contributed by atoms with Crippen molar-refractivity contribution < 1.29 is 28.7 Å². The average molecular weight is 739 g/mol. The Labute approximate surface area is 316 Å². The number of carbonyl (C=O) groups is 5. The topological polar surface area (TPSA) is 141 Å². The van der Waals surface area contributed by atoms with E-state index in [1.807, 2.05) is 63.2 Å². The molecule has 1 heterocycles. The summed E-state index contributed by atoms with van der Waals surface area (Å²) in [6.07, 6.45) is 4.32. The Balaban J connectivity index is 2.11. The smallest absolute Gasteiger partial charge is 0.308 e. The van der Waals surface area contributed by atoms with Crippen molar-refractivity contribution in [3.63, 3.8) is 0 Å². The van der Waals surface area contributed by atoms with E-state index in [0.29, 0.717) is 38.3 Å². The number of amides is 4. The maximum absolute atomic E-state index is 13.8. The zero-order chi connectivity index (χ0) is 39.6. The van der Waals surface area contributed by atoms with E-state index in [1.54, 1.807) is 57.3 Å². The van der Waals surface area contributed by atoms with Gasteiger partial charge < -0.3 is 29.2 Å². The number of carbonyl (C=O) groups excluding carboxylic acids is 5. The van der Waals surface area contributed by atoms with Crippen LogP contribution in [0.5, 0.6) is 0 Å². The molecule has 1 aromatic carbocycles. The van der Waals surface area contributed by atoms with E-state index in [0.717, 1.165) is 5.56 Å². The third-order valence-corrected chi connectivity index (χ3v) is 8.65. The molecule has 0 radical (unpaired) electrons. The van der Waals surface area contributed by atoms with Gasteiger partial charge in [-0.05, 0) is 53.8 Å². The molecule has 4 amide bonds. The normalized spacial score (nSPS) is 11.9. The van der Waals surface area contributed by atoms with Gasteiger partial charge in [0, 0.05) is 78.0 Å². The minimum atomic E-state index is -0.657. The van der Waals surface area contributed by atoms with E-state index >= 15 is 0 Å². The SMILES string of the molecule is C=CCN(CCC(=O)N(CCC(=O)N(CCC(=O)OC(C)(C)C)Cc1cn(Cc2ccccc2)nn1)[C@@H](C)CC)C(=O)CCN(CCN(C)C)C(C)=O. The van der Waals surface area contributed by atoms with Crippen LogP contribution in [-0.4, -0.2) is 141 Å². The molecular weight excluding hydrogens is 676 g/mol. The van der Waals surface area contributed by atoms with Crippen LogP contribution in [0.25, 0.3) is 0 Å². The fourth-order valence-corrected chi connectivity index (χ4v) is 5.53. The molecular formula is C39H62N8O6. The molecule has 0 bridgehead atoms. The standard InChI is InChI=1S/C39H62N8O6/c1-10-21-44(35(49)17-22-43(32(4)48)27-26-42(8)9)23-18-37(51)47(31(3)11-2)25-19-36(50)45(24-20-38(52)53-39(5,6)7)29-34-30-46(41-40-34)28-33-15-13-12-14-16-33/h10,12-16,30-31H,1,11,17-29H2,2-9H3/t31-/m0/s1. The van der Waals surface area contributed by atoms with Gasteiger partial charge in [0.15, 0.2) is 0 Å². The fourth-order valence-electron chi connectivity index (χ4n) is 5.53. The van der Waals surface area contributed by atoms with Gasteiger partial charge in [-0.1, -0.05) is 48.5 Å². The number of hydrogen-bond donors (Lipinski definition) is 0. The van der Waals surface area contributed by atoms with Crippen LogP contribution in [0.2, 0.25) is 0 Å². The second-order valence-corrected chi connectivity index (χ2v) is 14.6. The zero-order valence-electron chi connectivity index (χ0n) is 33.3. The van der Waals surface area contributed by atoms with Gasteiger partial charge >= 0.3 is 5.97 Å². The molecule has 14 nitrogen and oxygen atoms in total. The van der Waals surface area contributed by atoms with Crippen molar-refractivity contribution in [3.8, 4) is 0 Å². The molecule has 0 saturated heterocycles. The third kappa shape index (κ3) is 17.2. The molecule has 1 atom stereocenters. The first-order chi connectivity index (χ1) is 25.0. The highest BCUT2D eigenvalue weighted by Gasteiger charge is 2.25. The van der Waals surface area contributed by atoms with Gasteiger partial charge in [-0.15, -0.1) is 11.7 Å². The number of nitrogens with zero attached hydrogens (tertiary/aromatic N) is 8. The third-order valence-electron chi connectivity index (χ3n) is 8.65. The van der Waals surface area contributed by atoms with E-state index < -0.39 is 11.6 Å². The predicted molar refractivity (Wildman–Crippen MR) is 204 cm³/mol. The van der Waals surface area contributed by atoms with Crippen LogP contribution in [0.1, 0.15) is 84.9 Å². The zero-order valence-corrected chi connectivity index (χ0v) is 33.3. The molecule has 0 aliphatic carbocycles. The average Bonchev–Trinajstić information content (AvgIpc) is 3.53. The molecule has 53 heavy (non-hydrogen) atoms. The van der Waals surface area contributed by atoms with E-state index in [2.05, 4.69) is 16.9 Å². The number of rotatable bonds is 23. The minimum Gasteiger partial charge on any atom is -0.460 e. The summed E-state index contributed by atoms with van der Waals surface area (Å²) in [5, 5.41) is 8.51. The monoisotopic (exact) mass is 738 g/mol. The number of hydrogen-bond acceptors (Lipinski definition) is 9. The Morgan fingerprint density at radius 3 is 2.06 bits per heavy atom. The van der Waals surface area contributed by atoms with Crippen LogP contribution in [0.3, 0.4) is 0 Å². The highest BCUT2D eigenvalue weighted by atomic mass is 16.6. The molecule has 0 spiro atoms. The molecule has 294 valence electrons. The van der Waals surface area contributed by atoms with Crippen molar-refractivity contribution in [3.05, 3.63) is 60.4 Å². The number of benzene rings is 1. The van der Waals surface area contributed by atoms with Crippen LogP contribution in [0.15, 0.2) is 49.2 Å². The van der Waals surface area contributed by atoms with Crippen molar-refractivity contribution in [1.29, 1.82) is 0 Å². The van der Waals surface area contributed by atoms with E-state index in [1.165, 1.54) is 6.92 Å². The van der Waals surface area contributed by atoms with Gasteiger partial charge in [0.05, 0.1) is 25.7 Å². The molecule has 0 saturated carbocycles. The second-order valence-electron chi connectivity index (χ2n) is 14.6. The highest BCUT2D eigenvalue weighted by Crippen LogP contribution is 2.14. The van der Waals surface area contributed by atoms with Gasteiger partial charge in [-0.3, -0.25) is 24.0 Å². The maximum atomic E-state index is 13.8. The van der Waals surface area contributed by atoms with Gasteiger partial charge in [0.2, 0.25) is 23.6 Å². The highest BCUT2D eigenvalue weighted by molar-refractivity contribution is 5.81. The van der Waals surface area contributed by atoms with E-state index in [9.17, 15) is 24.0 Å². The van der Waals surface area contributed by atoms with Gasteiger partial charge in [-0.25, -0.2) is 4.68 Å². The number of likely N-dealkylation sites (N-methyl/N-ethyl adjacent to an activating group) is 1. The lowest BCUT2D eigenvalue weighted by molar-refractivity contribution is -0.155. The van der Waals surface area contributed by atoms with Crippen LogP contribution in [0.4, 0.5) is 0 Å². The Morgan fingerprint density at radius 1 is 0.849 bits per heavy atom. The quantitative estimate of drug-likeness (QED) is 0.124. The van der Waals surface area contributed by atoms with E-state index in [4.69, 9.17) is 4.74 Å². The van der Waals surface area contributed by atoms with Crippen molar-refractivity contribution in [2.75, 3.05) is 59.9 Å². The summed E-state index contributed by atoms with van der Waals surface area (Å²) >= 11 is 0. The molecule has 2 aromatic rings. The summed E-state index contributed by atoms with van der Waals surface area (Å²) in [5.41, 5.74) is 0.976. The first-order valence-corrected chi connectivity index (χ1v) is 18.5. The lowest BCUT2D eigenvalue weighted by Crippen LogP contribution is -2.44. The van der Waals surface area contributed by atoms with Gasteiger partial charge in [0.1, 0.15) is 11.3 Å². The number of aromatic nitrogens is 3. The van der Waals surface area contributed by atoms with Crippen LogP contribution in [-0.2, 0) is 41.8 Å². The maximum Gasteiger partial charge on any atom is 0.308 e. The largest absolute Gasteiger partial charge is 0.460 e. The number of esters is 1. The summed E-state index contributed by atoms with van der Waals surface area (Å²) in [4.78, 5) is 73.8. The van der Waals surface area contributed by atoms with E-state index in [-0.39, 0.29) is 88.1 Å². The summed E-state index contributed by atoms with van der Waals surface area (Å²) in [6, 6.07) is 9.69. The first-order valence-electron chi connectivity index (χ1n) is 18.5. The van der Waals surface area contributed by atoms with Gasteiger partial charge in [0.25, 0.3) is 0 Å². The minimum absolute atomic E-state index is 0.00215. The van der Waals surface area contributed by atoms with Crippen molar-refractivity contribution in [1.82, 2.24) is 39.5 Å². The van der Waals surface area contributed by atoms with Crippen molar-refractivity contribution in [2.24, 2.45) is 0 Å². The summed E-state index contributed by atoms with van der Waals surface area (Å²) in [7, 11) is 3.85. The predicted octanol–water partition coefficient (Wildman–Crippen LogP) is 3.61. The van der Waals surface area contributed by atoms with Crippen molar-refractivity contribution in [2.45, 2.75) is 98.4 Å². The first kappa shape index (κ1) is 44.6. The Bertz CT molecular complexity index is 1470. The summed E-state index contributed by atoms with van der Waals surface area (Å²) in [5.74, 6) is -1.09. The molecule has 0 fully saturated rings. The molecule has 0 aliphatic rings. The molecule has 14 heteroatoms. The molecule has 0 N–H and O–H groups in total. The Morgan fingerprint density at radius 2 is 1.45 bits per heavy atom. The fraction of sp³-hybridized carbons (Fsp3) is 0.615. The Hall–Kier alpha value is -4.59. The number of ether oxygens (including phenoxy) is 1. The molecule has 1 aromatic heterocycles. The Kier molecular flexibility index (Phi) is 18.9. The lowest BCUT2D eigenvalue weighted by Gasteiger charge is -2.31. The van der Waals surface area contributed by atoms with Crippen LogP contribution >= 0.6 is 0 Å². The van der Waals surface area contributed by atoms with Gasteiger partial charge in [-0.2, -0.15) is 0 Å². The molecule has 0 unspecified atom stereocenters. The molecule has 2 rings (SSSR count). The van der Waals surface area contributed by atoms with Crippen LogP contribution in [0, 0.1) is 0 Å². The lowest BCUT2D eigenvalue weighted by atomic mass is 10.1. The summed E-state index contributed by atoms with van der Waals surface area (Å²) < 4.78 is 7.19. The second kappa shape index (κ2) is 22.5. The summed E-state index contributed by atoms with van der Waals surface area (Å²) in [6.45, 7) is 17.5. The van der Waals surface area contributed by atoms with Crippen LogP contribution < -0.4 is 0 Å².